The Morgan fingerprint density at radius 1 is 0.561 bits per heavy atom. The van der Waals surface area contributed by atoms with E-state index in [0.717, 1.165) is 72.6 Å². The van der Waals surface area contributed by atoms with Crippen LogP contribution in [0.3, 0.4) is 0 Å². The molecule has 5 aromatic heterocycles. The molecule has 4 aromatic carbocycles. The molecule has 5 heterocycles. The summed E-state index contributed by atoms with van der Waals surface area (Å²) in [6, 6.07) is 37.7. The lowest BCUT2D eigenvalue weighted by molar-refractivity contribution is -0.165. The molecule has 0 saturated heterocycles. The van der Waals surface area contributed by atoms with Crippen LogP contribution >= 0.6 is 0 Å². The second-order valence-electron chi connectivity index (χ2n) is 19.6. The van der Waals surface area contributed by atoms with Crippen molar-refractivity contribution in [2.45, 2.75) is 70.7 Å². The molecule has 82 heavy (non-hydrogen) atoms. The predicted octanol–water partition coefficient (Wildman–Crippen LogP) is 7.89. The number of carboxylic acid groups (broad SMARTS) is 2. The molecule has 2 amide bonds. The van der Waals surface area contributed by atoms with E-state index >= 15 is 0 Å². The predicted molar refractivity (Wildman–Crippen MR) is 302 cm³/mol. The molecular formula is C59H62F3N9O10S. The maximum atomic E-state index is 13.1. The van der Waals surface area contributed by atoms with Gasteiger partial charge in [0, 0.05) is 57.3 Å². The number of aromatic nitrogens is 6. The average molecular weight is 1150 g/mol. The first-order valence-corrected chi connectivity index (χ1v) is 26.7. The minimum absolute atomic E-state index is 0.0710. The number of imidazole rings is 2. The number of nitrogens with zero attached hydrogens (tertiary/aromatic N) is 8. The topological polar surface area (TPSA) is 268 Å². The first-order valence-electron chi connectivity index (χ1n) is 25.1. The number of aliphatic hydroxyl groups excluding tert-OH is 2. The van der Waals surface area contributed by atoms with Gasteiger partial charge < -0.3 is 39.0 Å². The van der Waals surface area contributed by atoms with Crippen LogP contribution in [-0.4, -0.2) is 131 Å². The normalized spacial score (nSPS) is 12.0. The highest BCUT2D eigenvalue weighted by Gasteiger charge is 2.35. The number of aryl methyl sites for hydroxylation is 5. The van der Waals surface area contributed by atoms with Gasteiger partial charge in [-0.1, -0.05) is 102 Å². The fourth-order valence-electron chi connectivity index (χ4n) is 7.92. The Morgan fingerprint density at radius 2 is 0.915 bits per heavy atom. The van der Waals surface area contributed by atoms with Gasteiger partial charge in [-0.15, -0.1) is 0 Å². The number of hydrogen-bond acceptors (Lipinski definition) is 11. The van der Waals surface area contributed by atoms with Crippen LogP contribution in [0.25, 0.3) is 50.8 Å². The highest BCUT2D eigenvalue weighted by atomic mass is 32.2. The molecule has 2 unspecified atom stereocenters. The second-order valence-corrected chi connectivity index (χ2v) is 21.2. The first kappa shape index (κ1) is 62.2. The molecule has 19 nitrogen and oxygen atoms in total. The second kappa shape index (κ2) is 26.0. The van der Waals surface area contributed by atoms with Crippen LogP contribution in [-0.2, 0) is 48.2 Å². The summed E-state index contributed by atoms with van der Waals surface area (Å²) >= 11 is 0. The Labute approximate surface area is 471 Å². The summed E-state index contributed by atoms with van der Waals surface area (Å²) in [5.74, 6) is -3.40. The standard InChI is InChI=1S/2C19H21N3O.C17H14F3N3O2S.C4H6O6/c2*1-13-5-8-15(9-6-13)19-16(11-18(23)21(3)4)22-12-14(2)7-10-17(22)20-19;1-11-2-4-12(5-3-11)15-10-16(17(18,19)20)22-23(15)13-6-8-14(9-7-13)26(21,24)25;5-1(3(7)8)2(6)4(9)10/h2*5-10,12H,11H2,1-4H3;2-10H,1H3,(H2,21,24,25);1-2,5-6H,(H,7,8)(H,9,10). The number of benzene rings is 4. The number of carboxylic acids is 2. The van der Waals surface area contributed by atoms with E-state index in [1.54, 1.807) is 62.3 Å². The van der Waals surface area contributed by atoms with Crippen molar-refractivity contribution in [3.05, 3.63) is 185 Å². The molecule has 6 N–H and O–H groups in total. The smallest absolute Gasteiger partial charge is 0.435 e. The Balaban J connectivity index is 0.000000183. The molecule has 0 aliphatic heterocycles. The minimum Gasteiger partial charge on any atom is -0.479 e. The van der Waals surface area contributed by atoms with E-state index in [4.69, 9.17) is 35.5 Å². The van der Waals surface area contributed by atoms with Crippen LogP contribution in [0, 0.1) is 34.6 Å². The summed E-state index contributed by atoms with van der Waals surface area (Å²) in [5.41, 5.74) is 13.1. The van der Waals surface area contributed by atoms with Crippen molar-refractivity contribution in [2.75, 3.05) is 28.2 Å². The number of alkyl halides is 3. The monoisotopic (exact) mass is 1150 g/mol. The molecule has 9 aromatic rings. The number of nitrogens with two attached hydrogens (primary N) is 1. The van der Waals surface area contributed by atoms with Gasteiger partial charge in [0.05, 0.1) is 51.9 Å². The molecule has 2 atom stereocenters. The maximum absolute atomic E-state index is 13.1. The van der Waals surface area contributed by atoms with Crippen LogP contribution < -0.4 is 5.14 Å². The minimum atomic E-state index is -4.61. The number of primary sulfonamides is 1. The lowest BCUT2D eigenvalue weighted by Crippen LogP contribution is -2.39. The van der Waals surface area contributed by atoms with Gasteiger partial charge in [0.15, 0.2) is 17.9 Å². The lowest BCUT2D eigenvalue weighted by atomic mass is 10.1. The number of halogens is 3. The summed E-state index contributed by atoms with van der Waals surface area (Å²) in [4.78, 5) is 56.7. The van der Waals surface area contributed by atoms with Crippen molar-refractivity contribution in [1.82, 2.24) is 38.3 Å². The van der Waals surface area contributed by atoms with E-state index in [2.05, 4.69) is 67.5 Å². The van der Waals surface area contributed by atoms with Crippen molar-refractivity contribution < 1.29 is 61.2 Å². The molecule has 0 saturated carbocycles. The van der Waals surface area contributed by atoms with E-state index in [1.165, 1.54) is 35.4 Å². The zero-order valence-electron chi connectivity index (χ0n) is 46.3. The number of aliphatic carboxylic acids is 2. The summed E-state index contributed by atoms with van der Waals surface area (Å²) in [7, 11) is 3.22. The van der Waals surface area contributed by atoms with Crippen molar-refractivity contribution in [3.8, 4) is 39.5 Å². The van der Waals surface area contributed by atoms with E-state index in [1.807, 2.05) is 66.2 Å². The molecule has 0 spiro atoms. The van der Waals surface area contributed by atoms with Gasteiger partial charge >= 0.3 is 18.1 Å². The number of fused-ring (bicyclic) bond motifs is 2. The van der Waals surface area contributed by atoms with Gasteiger partial charge in [0.25, 0.3) is 0 Å². The molecule has 0 aliphatic rings. The molecule has 0 fully saturated rings. The summed E-state index contributed by atoms with van der Waals surface area (Å²) in [6.07, 6.45) is -4.39. The molecule has 430 valence electrons. The van der Waals surface area contributed by atoms with Gasteiger partial charge in [-0.05, 0) is 88.2 Å². The van der Waals surface area contributed by atoms with Crippen LogP contribution in [0.2, 0.25) is 0 Å². The summed E-state index contributed by atoms with van der Waals surface area (Å²) in [6.45, 7) is 10.1. The van der Waals surface area contributed by atoms with E-state index < -0.39 is 46.0 Å². The average Bonchev–Trinajstić information content (AvgIpc) is 3.45. The number of sulfonamides is 1. The van der Waals surface area contributed by atoms with Crippen LogP contribution in [0.5, 0.6) is 0 Å². The van der Waals surface area contributed by atoms with Gasteiger partial charge in [-0.25, -0.2) is 37.8 Å². The lowest BCUT2D eigenvalue weighted by Gasteiger charge is -2.11. The van der Waals surface area contributed by atoms with Crippen LogP contribution in [0.4, 0.5) is 13.2 Å². The highest BCUT2D eigenvalue weighted by Crippen LogP contribution is 2.34. The number of carbonyl (C=O) groups is 4. The van der Waals surface area contributed by atoms with Crippen molar-refractivity contribution in [1.29, 1.82) is 0 Å². The van der Waals surface area contributed by atoms with Gasteiger partial charge in [0.1, 0.15) is 11.3 Å². The zero-order valence-corrected chi connectivity index (χ0v) is 47.1. The number of rotatable bonds is 12. The fourth-order valence-corrected chi connectivity index (χ4v) is 8.43. The quantitative estimate of drug-likeness (QED) is 0.0780. The van der Waals surface area contributed by atoms with Crippen LogP contribution in [0.1, 0.15) is 44.9 Å². The fraction of sp³-hybridized carbons (Fsp3) is 0.237. The number of aliphatic hydroxyl groups is 2. The molecule has 0 aliphatic carbocycles. The number of carbonyl (C=O) groups excluding carboxylic acids is 2. The van der Waals surface area contributed by atoms with Crippen LogP contribution in [0.15, 0.2) is 145 Å². The first-order chi connectivity index (χ1) is 38.4. The Bertz CT molecular complexity index is 3690. The summed E-state index contributed by atoms with van der Waals surface area (Å²) in [5, 5.41) is 41.2. The third-order valence-corrected chi connectivity index (χ3v) is 13.5. The Hall–Kier alpha value is -9.03. The Morgan fingerprint density at radius 3 is 1.24 bits per heavy atom. The zero-order chi connectivity index (χ0) is 60.5. The van der Waals surface area contributed by atoms with Crippen molar-refractivity contribution >= 4 is 45.1 Å². The third kappa shape index (κ3) is 15.7. The SMILES string of the molecule is Cc1ccc(-c2cc(C(F)(F)F)nn2-c2ccc(S(N)(=O)=O)cc2)cc1.Cc1ccc(-c2nc3ccc(C)cn3c2CC(=O)N(C)C)cc1.Cc1ccc(-c2nc3ccc(C)cn3c2CC(=O)N(C)C)cc1.O=C(O)C(O)C(O)C(=O)O. The number of likely N-dealkylation sites (N-methyl/N-ethyl adjacent to an activating group) is 2. The molecule has 9 rings (SSSR count). The van der Waals surface area contributed by atoms with Crippen molar-refractivity contribution in [2.24, 2.45) is 5.14 Å². The molecule has 23 heteroatoms. The number of hydrogen-bond donors (Lipinski definition) is 5. The largest absolute Gasteiger partial charge is 0.479 e. The molecule has 0 radical (unpaired) electrons. The molecular weight excluding hydrogens is 1080 g/mol. The van der Waals surface area contributed by atoms with Crippen molar-refractivity contribution in [3.63, 3.8) is 0 Å². The third-order valence-electron chi connectivity index (χ3n) is 12.6. The van der Waals surface area contributed by atoms with E-state index in [9.17, 15) is 40.8 Å². The van der Waals surface area contributed by atoms with Gasteiger partial charge in [-0.2, -0.15) is 18.3 Å². The molecule has 0 bridgehead atoms. The summed E-state index contributed by atoms with van der Waals surface area (Å²) < 4.78 is 67.3. The van der Waals surface area contributed by atoms with E-state index in [0.29, 0.717) is 18.4 Å². The number of amides is 2. The number of pyridine rings is 2. The Kier molecular flexibility index (Phi) is 19.7. The van der Waals surface area contributed by atoms with Gasteiger partial charge in [0.2, 0.25) is 21.8 Å². The maximum Gasteiger partial charge on any atom is 0.435 e. The van der Waals surface area contributed by atoms with Gasteiger partial charge in [-0.3, -0.25) is 9.59 Å². The van der Waals surface area contributed by atoms with E-state index in [-0.39, 0.29) is 28.1 Å². The highest BCUT2D eigenvalue weighted by molar-refractivity contribution is 7.89.